The molecule has 106 valence electrons. The van der Waals surface area contributed by atoms with Gasteiger partial charge in [0.2, 0.25) is 0 Å². The highest BCUT2D eigenvalue weighted by atomic mass is 79.9. The fraction of sp³-hybridized carbons (Fsp3) is 0.267. The van der Waals surface area contributed by atoms with Crippen LogP contribution in [0.3, 0.4) is 0 Å². The number of benzene rings is 1. The Morgan fingerprint density at radius 2 is 1.95 bits per heavy atom. The van der Waals surface area contributed by atoms with Crippen LogP contribution in [-0.2, 0) is 11.9 Å². The quantitative estimate of drug-likeness (QED) is 0.657. The summed E-state index contributed by atoms with van der Waals surface area (Å²) in [7, 11) is 0. The molecule has 3 nitrogen and oxygen atoms in total. The van der Waals surface area contributed by atoms with Crippen molar-refractivity contribution < 1.29 is 9.47 Å². The second-order valence-electron chi connectivity index (χ2n) is 4.10. The maximum Gasteiger partial charge on any atom is 0.161 e. The number of hydrogen-bond donors (Lipinski definition) is 0. The summed E-state index contributed by atoms with van der Waals surface area (Å²) in [5, 5.41) is 0.793. The SMILES string of the molecule is CCOc1cc(CBr)ccc1OCc1ccc(Br)cn1. The molecule has 0 radical (unpaired) electrons. The molecule has 0 spiro atoms. The number of halogens is 2. The van der Waals surface area contributed by atoms with Crippen LogP contribution in [0.25, 0.3) is 0 Å². The van der Waals surface area contributed by atoms with Gasteiger partial charge in [0.15, 0.2) is 11.5 Å². The molecule has 0 atom stereocenters. The lowest BCUT2D eigenvalue weighted by atomic mass is 10.2. The Balaban J connectivity index is 2.09. The summed E-state index contributed by atoms with van der Waals surface area (Å²) in [5.41, 5.74) is 2.03. The maximum atomic E-state index is 5.80. The zero-order valence-corrected chi connectivity index (χ0v) is 14.3. The molecule has 0 saturated carbocycles. The van der Waals surface area contributed by atoms with Gasteiger partial charge in [0.05, 0.1) is 12.3 Å². The average Bonchev–Trinajstić information content (AvgIpc) is 2.48. The number of hydrogen-bond acceptors (Lipinski definition) is 3. The lowest BCUT2D eigenvalue weighted by Gasteiger charge is -2.12. The molecule has 2 rings (SSSR count). The molecular weight excluding hydrogens is 386 g/mol. The number of rotatable bonds is 6. The van der Waals surface area contributed by atoms with Crippen molar-refractivity contribution in [2.45, 2.75) is 18.9 Å². The van der Waals surface area contributed by atoms with E-state index in [1.807, 2.05) is 37.3 Å². The van der Waals surface area contributed by atoms with Crippen LogP contribution in [0.15, 0.2) is 41.0 Å². The fourth-order valence-corrected chi connectivity index (χ4v) is 2.25. The Labute approximate surface area is 135 Å². The van der Waals surface area contributed by atoms with E-state index in [1.54, 1.807) is 6.20 Å². The second kappa shape index (κ2) is 7.64. The Morgan fingerprint density at radius 1 is 1.10 bits per heavy atom. The van der Waals surface area contributed by atoms with Gasteiger partial charge in [0, 0.05) is 16.0 Å². The van der Waals surface area contributed by atoms with Gasteiger partial charge in [-0.2, -0.15) is 0 Å². The third-order valence-electron chi connectivity index (χ3n) is 2.63. The van der Waals surface area contributed by atoms with Crippen molar-refractivity contribution in [3.8, 4) is 11.5 Å². The van der Waals surface area contributed by atoms with Crippen molar-refractivity contribution in [2.24, 2.45) is 0 Å². The summed E-state index contributed by atoms with van der Waals surface area (Å²) in [4.78, 5) is 4.28. The molecule has 0 saturated heterocycles. The van der Waals surface area contributed by atoms with Crippen molar-refractivity contribution in [1.29, 1.82) is 0 Å². The minimum absolute atomic E-state index is 0.418. The molecule has 0 N–H and O–H groups in total. The predicted molar refractivity (Wildman–Crippen MR) is 86.5 cm³/mol. The molecule has 0 amide bonds. The number of ether oxygens (including phenoxy) is 2. The number of aromatic nitrogens is 1. The molecule has 0 aliphatic rings. The van der Waals surface area contributed by atoms with Gasteiger partial charge in [-0.1, -0.05) is 22.0 Å². The number of pyridine rings is 1. The van der Waals surface area contributed by atoms with Gasteiger partial charge >= 0.3 is 0 Å². The van der Waals surface area contributed by atoms with E-state index in [-0.39, 0.29) is 0 Å². The largest absolute Gasteiger partial charge is 0.490 e. The highest BCUT2D eigenvalue weighted by molar-refractivity contribution is 9.10. The highest BCUT2D eigenvalue weighted by Gasteiger charge is 2.07. The standard InChI is InChI=1S/C15H15Br2NO2/c1-2-19-15-7-11(8-16)3-6-14(15)20-10-13-5-4-12(17)9-18-13/h3-7,9H,2,8,10H2,1H3. The fourth-order valence-electron chi connectivity index (χ4n) is 1.67. The first-order chi connectivity index (χ1) is 9.72. The number of alkyl halides is 1. The third kappa shape index (κ3) is 4.21. The van der Waals surface area contributed by atoms with E-state index >= 15 is 0 Å². The molecule has 0 aliphatic carbocycles. The Morgan fingerprint density at radius 3 is 2.60 bits per heavy atom. The summed E-state index contributed by atoms with van der Waals surface area (Å²) >= 11 is 6.80. The van der Waals surface area contributed by atoms with E-state index in [4.69, 9.17) is 9.47 Å². The van der Waals surface area contributed by atoms with Crippen molar-refractivity contribution in [3.05, 3.63) is 52.3 Å². The summed E-state index contributed by atoms with van der Waals surface area (Å²) in [6, 6.07) is 9.81. The molecular formula is C15H15Br2NO2. The maximum absolute atomic E-state index is 5.80. The van der Waals surface area contributed by atoms with Gasteiger partial charge in [-0.05, 0) is 52.7 Å². The van der Waals surface area contributed by atoms with Crippen molar-refractivity contribution in [2.75, 3.05) is 6.61 Å². The summed E-state index contributed by atoms with van der Waals surface area (Å²) < 4.78 is 12.4. The normalized spacial score (nSPS) is 10.3. The average molecular weight is 401 g/mol. The van der Waals surface area contributed by atoms with Crippen LogP contribution in [0, 0.1) is 0 Å². The molecule has 0 bridgehead atoms. The third-order valence-corrected chi connectivity index (χ3v) is 3.74. The van der Waals surface area contributed by atoms with Gasteiger partial charge < -0.3 is 9.47 Å². The summed E-state index contributed by atoms with van der Waals surface area (Å²) in [6.07, 6.45) is 1.76. The van der Waals surface area contributed by atoms with E-state index in [2.05, 4.69) is 36.8 Å². The van der Waals surface area contributed by atoms with E-state index in [0.29, 0.717) is 13.2 Å². The Hall–Kier alpha value is -1.07. The van der Waals surface area contributed by atoms with Gasteiger partial charge in [0.1, 0.15) is 6.61 Å². The predicted octanol–water partition coefficient (Wildman–Crippen LogP) is 4.72. The van der Waals surface area contributed by atoms with E-state index in [0.717, 1.165) is 32.6 Å². The van der Waals surface area contributed by atoms with Crippen LogP contribution >= 0.6 is 31.9 Å². The molecule has 1 aromatic carbocycles. The smallest absolute Gasteiger partial charge is 0.161 e. The van der Waals surface area contributed by atoms with E-state index in [1.165, 1.54) is 0 Å². The van der Waals surface area contributed by atoms with Gasteiger partial charge in [0.25, 0.3) is 0 Å². The molecule has 1 aromatic heterocycles. The van der Waals surface area contributed by atoms with E-state index in [9.17, 15) is 0 Å². The zero-order chi connectivity index (χ0) is 14.4. The van der Waals surface area contributed by atoms with Crippen molar-refractivity contribution in [1.82, 2.24) is 4.98 Å². The lowest BCUT2D eigenvalue weighted by molar-refractivity contribution is 0.266. The van der Waals surface area contributed by atoms with Crippen LogP contribution < -0.4 is 9.47 Å². The molecule has 2 aromatic rings. The zero-order valence-electron chi connectivity index (χ0n) is 11.1. The number of nitrogens with zero attached hydrogens (tertiary/aromatic N) is 1. The highest BCUT2D eigenvalue weighted by Crippen LogP contribution is 2.29. The molecule has 0 unspecified atom stereocenters. The second-order valence-corrected chi connectivity index (χ2v) is 5.58. The first-order valence-electron chi connectivity index (χ1n) is 6.28. The minimum atomic E-state index is 0.418. The van der Waals surface area contributed by atoms with Crippen LogP contribution in [0.4, 0.5) is 0 Å². The first kappa shape index (κ1) is 15.3. The summed E-state index contributed by atoms with van der Waals surface area (Å²) in [6.45, 7) is 2.99. The van der Waals surface area contributed by atoms with Gasteiger partial charge in [-0.3, -0.25) is 4.98 Å². The van der Waals surface area contributed by atoms with Crippen molar-refractivity contribution in [3.63, 3.8) is 0 Å². The van der Waals surface area contributed by atoms with Crippen LogP contribution in [-0.4, -0.2) is 11.6 Å². The topological polar surface area (TPSA) is 31.4 Å². The lowest BCUT2D eigenvalue weighted by Crippen LogP contribution is -2.01. The molecule has 1 heterocycles. The Bertz CT molecular complexity index is 558. The van der Waals surface area contributed by atoms with Crippen molar-refractivity contribution >= 4 is 31.9 Å². The van der Waals surface area contributed by atoms with Gasteiger partial charge in [-0.25, -0.2) is 0 Å². The molecule has 0 aliphatic heterocycles. The Kier molecular flexibility index (Phi) is 5.86. The molecule has 0 fully saturated rings. The monoisotopic (exact) mass is 399 g/mol. The molecule has 20 heavy (non-hydrogen) atoms. The summed E-state index contributed by atoms with van der Waals surface area (Å²) in [5.74, 6) is 1.50. The van der Waals surface area contributed by atoms with Crippen LogP contribution in [0.1, 0.15) is 18.2 Å². The van der Waals surface area contributed by atoms with Gasteiger partial charge in [-0.15, -0.1) is 0 Å². The van der Waals surface area contributed by atoms with Crippen LogP contribution in [0.5, 0.6) is 11.5 Å². The molecule has 5 heteroatoms. The van der Waals surface area contributed by atoms with Crippen LogP contribution in [0.2, 0.25) is 0 Å². The van der Waals surface area contributed by atoms with E-state index < -0.39 is 0 Å². The minimum Gasteiger partial charge on any atom is -0.490 e. The first-order valence-corrected chi connectivity index (χ1v) is 8.19.